The lowest BCUT2D eigenvalue weighted by atomic mass is 10.1. The number of methoxy groups -OCH3 is 2. The predicted molar refractivity (Wildman–Crippen MR) is 73.5 cm³/mol. The summed E-state index contributed by atoms with van der Waals surface area (Å²) in [5.74, 6) is 2.42. The molecule has 0 amide bonds. The molecule has 1 atom stereocenters. The second-order valence-electron chi connectivity index (χ2n) is 4.31. The molecule has 102 valence electrons. The Kier molecular flexibility index (Phi) is 4.47. The number of ether oxygens (including phenoxy) is 2. The van der Waals surface area contributed by atoms with Crippen LogP contribution < -0.4 is 14.8 Å². The van der Waals surface area contributed by atoms with Crippen molar-refractivity contribution >= 4 is 0 Å². The average molecular weight is 261 g/mol. The van der Waals surface area contributed by atoms with Gasteiger partial charge in [-0.2, -0.15) is 0 Å². The number of furan rings is 1. The molecule has 1 aromatic heterocycles. The quantitative estimate of drug-likeness (QED) is 0.867. The maximum Gasteiger partial charge on any atom is 0.161 e. The minimum atomic E-state index is 0.170. The van der Waals surface area contributed by atoms with Gasteiger partial charge in [-0.05, 0) is 36.8 Å². The molecule has 0 unspecified atom stereocenters. The van der Waals surface area contributed by atoms with Crippen molar-refractivity contribution in [2.24, 2.45) is 0 Å². The van der Waals surface area contributed by atoms with E-state index in [2.05, 4.69) is 12.2 Å². The van der Waals surface area contributed by atoms with Gasteiger partial charge in [-0.15, -0.1) is 0 Å². The van der Waals surface area contributed by atoms with Crippen LogP contribution in [0.25, 0.3) is 0 Å². The molecule has 2 rings (SSSR count). The molecule has 0 saturated carbocycles. The van der Waals surface area contributed by atoms with Gasteiger partial charge in [0.15, 0.2) is 11.5 Å². The van der Waals surface area contributed by atoms with Crippen molar-refractivity contribution in [2.75, 3.05) is 14.2 Å². The SMILES string of the molecule is COc1ccc(CN[C@@H](C)c2ccco2)cc1OC. The summed E-state index contributed by atoms with van der Waals surface area (Å²) in [4.78, 5) is 0. The van der Waals surface area contributed by atoms with Gasteiger partial charge in [-0.3, -0.25) is 0 Å². The van der Waals surface area contributed by atoms with E-state index in [4.69, 9.17) is 13.9 Å². The first-order valence-electron chi connectivity index (χ1n) is 6.22. The van der Waals surface area contributed by atoms with Crippen molar-refractivity contribution in [1.29, 1.82) is 0 Å². The normalized spacial score (nSPS) is 12.2. The second-order valence-corrected chi connectivity index (χ2v) is 4.31. The minimum Gasteiger partial charge on any atom is -0.493 e. The van der Waals surface area contributed by atoms with Crippen LogP contribution in [0, 0.1) is 0 Å². The maximum atomic E-state index is 5.36. The van der Waals surface area contributed by atoms with Gasteiger partial charge in [0.2, 0.25) is 0 Å². The summed E-state index contributed by atoms with van der Waals surface area (Å²) in [6.07, 6.45) is 1.68. The first-order valence-corrected chi connectivity index (χ1v) is 6.22. The lowest BCUT2D eigenvalue weighted by molar-refractivity contribution is 0.354. The third kappa shape index (κ3) is 3.29. The largest absolute Gasteiger partial charge is 0.493 e. The zero-order chi connectivity index (χ0) is 13.7. The highest BCUT2D eigenvalue weighted by molar-refractivity contribution is 5.42. The molecule has 0 radical (unpaired) electrons. The molecule has 2 aromatic rings. The molecule has 1 heterocycles. The molecular formula is C15H19NO3. The smallest absolute Gasteiger partial charge is 0.161 e. The van der Waals surface area contributed by atoms with E-state index in [0.29, 0.717) is 0 Å². The van der Waals surface area contributed by atoms with Crippen molar-refractivity contribution in [1.82, 2.24) is 5.32 Å². The Balaban J connectivity index is 1.99. The molecule has 0 aliphatic rings. The monoisotopic (exact) mass is 261 g/mol. The topological polar surface area (TPSA) is 43.6 Å². The van der Waals surface area contributed by atoms with E-state index in [1.54, 1.807) is 20.5 Å². The van der Waals surface area contributed by atoms with Crippen LogP contribution in [-0.4, -0.2) is 14.2 Å². The molecule has 0 fully saturated rings. The Morgan fingerprint density at radius 3 is 2.58 bits per heavy atom. The molecule has 4 heteroatoms. The zero-order valence-corrected chi connectivity index (χ0v) is 11.5. The Morgan fingerprint density at radius 1 is 1.16 bits per heavy atom. The van der Waals surface area contributed by atoms with Gasteiger partial charge in [0.1, 0.15) is 5.76 Å². The van der Waals surface area contributed by atoms with Gasteiger partial charge in [0.25, 0.3) is 0 Å². The number of rotatable bonds is 6. The fraction of sp³-hybridized carbons (Fsp3) is 0.333. The summed E-state index contributed by atoms with van der Waals surface area (Å²) < 4.78 is 15.9. The lowest BCUT2D eigenvalue weighted by Gasteiger charge is -2.13. The molecule has 0 saturated heterocycles. The van der Waals surface area contributed by atoms with Crippen LogP contribution in [-0.2, 0) is 6.54 Å². The fourth-order valence-corrected chi connectivity index (χ4v) is 1.90. The average Bonchev–Trinajstić information content (AvgIpc) is 2.98. The number of hydrogen-bond acceptors (Lipinski definition) is 4. The third-order valence-corrected chi connectivity index (χ3v) is 3.03. The van der Waals surface area contributed by atoms with Crippen LogP contribution in [0.2, 0.25) is 0 Å². The van der Waals surface area contributed by atoms with E-state index < -0.39 is 0 Å². The number of benzene rings is 1. The number of hydrogen-bond donors (Lipinski definition) is 1. The van der Waals surface area contributed by atoms with Crippen molar-refractivity contribution in [3.05, 3.63) is 47.9 Å². The van der Waals surface area contributed by atoms with Crippen LogP contribution in [0.3, 0.4) is 0 Å². The van der Waals surface area contributed by atoms with E-state index in [9.17, 15) is 0 Å². The van der Waals surface area contributed by atoms with Crippen molar-refractivity contribution in [2.45, 2.75) is 19.5 Å². The summed E-state index contributed by atoms with van der Waals surface area (Å²) in [7, 11) is 3.27. The summed E-state index contributed by atoms with van der Waals surface area (Å²) in [5.41, 5.74) is 1.14. The van der Waals surface area contributed by atoms with E-state index in [1.807, 2.05) is 30.3 Å². The highest BCUT2D eigenvalue weighted by Gasteiger charge is 2.09. The van der Waals surface area contributed by atoms with Crippen LogP contribution >= 0.6 is 0 Å². The van der Waals surface area contributed by atoms with E-state index in [-0.39, 0.29) is 6.04 Å². The fourth-order valence-electron chi connectivity index (χ4n) is 1.90. The Morgan fingerprint density at radius 2 is 1.95 bits per heavy atom. The summed E-state index contributed by atoms with van der Waals surface area (Å²) in [6, 6.07) is 9.93. The van der Waals surface area contributed by atoms with Gasteiger partial charge < -0.3 is 19.2 Å². The van der Waals surface area contributed by atoms with Crippen LogP contribution in [0.1, 0.15) is 24.3 Å². The lowest BCUT2D eigenvalue weighted by Crippen LogP contribution is -2.17. The molecule has 0 aliphatic carbocycles. The van der Waals surface area contributed by atoms with Crippen LogP contribution in [0.4, 0.5) is 0 Å². The highest BCUT2D eigenvalue weighted by Crippen LogP contribution is 2.27. The van der Waals surface area contributed by atoms with Crippen molar-refractivity contribution in [3.8, 4) is 11.5 Å². The van der Waals surface area contributed by atoms with E-state index in [1.165, 1.54) is 0 Å². The Labute approximate surface area is 113 Å². The van der Waals surface area contributed by atoms with Gasteiger partial charge in [-0.1, -0.05) is 6.07 Å². The standard InChI is InChI=1S/C15H19NO3/c1-11(13-5-4-8-19-13)16-10-12-6-7-14(17-2)15(9-12)18-3/h4-9,11,16H,10H2,1-3H3/t11-/m0/s1. The Hall–Kier alpha value is -1.94. The minimum absolute atomic E-state index is 0.170. The van der Waals surface area contributed by atoms with Gasteiger partial charge in [-0.25, -0.2) is 0 Å². The molecule has 4 nitrogen and oxygen atoms in total. The predicted octanol–water partition coefficient (Wildman–Crippen LogP) is 3.15. The molecule has 19 heavy (non-hydrogen) atoms. The van der Waals surface area contributed by atoms with Gasteiger partial charge in [0.05, 0.1) is 26.5 Å². The molecule has 1 aromatic carbocycles. The van der Waals surface area contributed by atoms with Gasteiger partial charge >= 0.3 is 0 Å². The molecule has 0 aliphatic heterocycles. The van der Waals surface area contributed by atoms with E-state index >= 15 is 0 Å². The summed E-state index contributed by atoms with van der Waals surface area (Å²) in [5, 5.41) is 3.40. The first kappa shape index (κ1) is 13.5. The molecule has 0 spiro atoms. The van der Waals surface area contributed by atoms with E-state index in [0.717, 1.165) is 29.4 Å². The van der Waals surface area contributed by atoms with Crippen LogP contribution in [0.5, 0.6) is 11.5 Å². The molecule has 0 bridgehead atoms. The van der Waals surface area contributed by atoms with Crippen LogP contribution in [0.15, 0.2) is 41.0 Å². The summed E-state index contributed by atoms with van der Waals surface area (Å²) in [6.45, 7) is 2.81. The van der Waals surface area contributed by atoms with Gasteiger partial charge in [0, 0.05) is 6.54 Å². The first-order chi connectivity index (χ1) is 9.24. The second kappa shape index (κ2) is 6.29. The third-order valence-electron chi connectivity index (χ3n) is 3.03. The van der Waals surface area contributed by atoms with Crippen molar-refractivity contribution < 1.29 is 13.9 Å². The molecular weight excluding hydrogens is 242 g/mol. The molecule has 1 N–H and O–H groups in total. The zero-order valence-electron chi connectivity index (χ0n) is 11.5. The Bertz CT molecular complexity index is 508. The van der Waals surface area contributed by atoms with Crippen molar-refractivity contribution in [3.63, 3.8) is 0 Å². The highest BCUT2D eigenvalue weighted by atomic mass is 16.5. The maximum absolute atomic E-state index is 5.36. The summed E-state index contributed by atoms with van der Waals surface area (Å²) >= 11 is 0. The number of nitrogens with one attached hydrogen (secondary N) is 1.